The summed E-state index contributed by atoms with van der Waals surface area (Å²) in [6.45, 7) is 5.90. The molecule has 0 saturated heterocycles. The molecule has 0 aliphatic heterocycles. The van der Waals surface area contributed by atoms with Crippen LogP contribution in [0.4, 0.5) is 0 Å². The first kappa shape index (κ1) is 13.7. The van der Waals surface area contributed by atoms with E-state index in [4.69, 9.17) is 14.3 Å². The maximum absolute atomic E-state index is 5.38. The van der Waals surface area contributed by atoms with Crippen LogP contribution in [0, 0.1) is 0 Å². The van der Waals surface area contributed by atoms with E-state index in [-0.39, 0.29) is 0 Å². The van der Waals surface area contributed by atoms with Crippen molar-refractivity contribution in [2.45, 2.75) is 6.54 Å². The molecule has 1 N–H and O–H groups in total. The largest absolute Gasteiger partial charge is 0.490 e. The van der Waals surface area contributed by atoms with Gasteiger partial charge in [0.2, 0.25) is 0 Å². The monoisotopic (exact) mass is 237 g/mol. The number of rotatable bonds is 9. The number of ether oxygens (including phenoxy) is 2. The SMILES string of the molecule is C=CCOc1ccc(CNOCCOC)cc1. The zero-order chi connectivity index (χ0) is 12.3. The first-order chi connectivity index (χ1) is 8.36. The molecule has 0 atom stereocenters. The number of nitrogens with one attached hydrogen (secondary N) is 1. The predicted octanol–water partition coefficient (Wildman–Crippen LogP) is 1.92. The van der Waals surface area contributed by atoms with Crippen LogP contribution in [0.5, 0.6) is 5.75 Å². The Kier molecular flexibility index (Phi) is 7.06. The van der Waals surface area contributed by atoms with Gasteiger partial charge in [0.05, 0.1) is 13.2 Å². The summed E-state index contributed by atoms with van der Waals surface area (Å²) in [4.78, 5) is 5.15. The molecule has 4 nitrogen and oxygen atoms in total. The average molecular weight is 237 g/mol. The summed E-state index contributed by atoms with van der Waals surface area (Å²) in [5.41, 5.74) is 3.99. The maximum atomic E-state index is 5.38. The van der Waals surface area contributed by atoms with Gasteiger partial charge in [-0.25, -0.2) is 0 Å². The molecule has 0 radical (unpaired) electrons. The van der Waals surface area contributed by atoms with E-state index < -0.39 is 0 Å². The Morgan fingerprint density at radius 2 is 2.00 bits per heavy atom. The first-order valence-corrected chi connectivity index (χ1v) is 5.53. The number of hydroxylamine groups is 1. The molecule has 0 aromatic heterocycles. The summed E-state index contributed by atoms with van der Waals surface area (Å²) < 4.78 is 10.2. The molecule has 0 bridgehead atoms. The molecule has 1 aromatic carbocycles. The molecule has 0 aliphatic rings. The minimum absolute atomic E-state index is 0.526. The van der Waals surface area contributed by atoms with Crippen LogP contribution in [-0.4, -0.2) is 26.9 Å². The van der Waals surface area contributed by atoms with Crippen molar-refractivity contribution < 1.29 is 14.3 Å². The van der Waals surface area contributed by atoms with Gasteiger partial charge in [0.1, 0.15) is 12.4 Å². The molecule has 1 aromatic rings. The van der Waals surface area contributed by atoms with Gasteiger partial charge in [-0.3, -0.25) is 4.84 Å². The third-order valence-corrected chi connectivity index (χ3v) is 2.06. The third-order valence-electron chi connectivity index (χ3n) is 2.06. The van der Waals surface area contributed by atoms with Gasteiger partial charge in [0, 0.05) is 13.7 Å². The molecular weight excluding hydrogens is 218 g/mol. The second kappa shape index (κ2) is 8.75. The van der Waals surface area contributed by atoms with Crippen molar-refractivity contribution in [2.24, 2.45) is 0 Å². The van der Waals surface area contributed by atoms with Crippen LogP contribution in [0.15, 0.2) is 36.9 Å². The maximum Gasteiger partial charge on any atom is 0.119 e. The lowest BCUT2D eigenvalue weighted by atomic mass is 10.2. The quantitative estimate of drug-likeness (QED) is 0.404. The van der Waals surface area contributed by atoms with E-state index in [0.29, 0.717) is 26.4 Å². The summed E-state index contributed by atoms with van der Waals surface area (Å²) in [7, 11) is 1.64. The van der Waals surface area contributed by atoms with E-state index in [1.165, 1.54) is 0 Å². The summed E-state index contributed by atoms with van der Waals surface area (Å²) in [6, 6.07) is 7.83. The molecule has 0 fully saturated rings. The van der Waals surface area contributed by atoms with Gasteiger partial charge in [-0.15, -0.1) is 0 Å². The summed E-state index contributed by atoms with van der Waals surface area (Å²) in [5, 5.41) is 0. The van der Waals surface area contributed by atoms with Gasteiger partial charge in [0.15, 0.2) is 0 Å². The van der Waals surface area contributed by atoms with Crippen molar-refractivity contribution in [1.82, 2.24) is 5.48 Å². The van der Waals surface area contributed by atoms with Crippen LogP contribution in [0.2, 0.25) is 0 Å². The van der Waals surface area contributed by atoms with E-state index in [2.05, 4.69) is 12.1 Å². The topological polar surface area (TPSA) is 39.7 Å². The molecule has 0 spiro atoms. The van der Waals surface area contributed by atoms with Crippen molar-refractivity contribution in [2.75, 3.05) is 26.9 Å². The van der Waals surface area contributed by atoms with Crippen molar-refractivity contribution in [3.05, 3.63) is 42.5 Å². The highest BCUT2D eigenvalue weighted by molar-refractivity contribution is 5.27. The second-order valence-electron chi connectivity index (χ2n) is 3.41. The van der Waals surface area contributed by atoms with Gasteiger partial charge >= 0.3 is 0 Å². The van der Waals surface area contributed by atoms with E-state index in [1.54, 1.807) is 13.2 Å². The van der Waals surface area contributed by atoms with Gasteiger partial charge in [-0.05, 0) is 17.7 Å². The number of hydrogen-bond donors (Lipinski definition) is 1. The average Bonchev–Trinajstić information content (AvgIpc) is 2.37. The highest BCUT2D eigenvalue weighted by Crippen LogP contribution is 2.11. The minimum Gasteiger partial charge on any atom is -0.490 e. The van der Waals surface area contributed by atoms with E-state index in [1.807, 2.05) is 24.3 Å². The summed E-state index contributed by atoms with van der Waals surface area (Å²) in [6.07, 6.45) is 1.72. The molecule has 0 saturated carbocycles. The van der Waals surface area contributed by atoms with Crippen LogP contribution in [0.25, 0.3) is 0 Å². The molecule has 0 aliphatic carbocycles. The van der Waals surface area contributed by atoms with Crippen molar-refractivity contribution in [1.29, 1.82) is 0 Å². The number of methoxy groups -OCH3 is 1. The second-order valence-corrected chi connectivity index (χ2v) is 3.41. The van der Waals surface area contributed by atoms with Gasteiger partial charge in [-0.2, -0.15) is 5.48 Å². The van der Waals surface area contributed by atoms with Gasteiger partial charge < -0.3 is 9.47 Å². The Hall–Kier alpha value is -1.36. The van der Waals surface area contributed by atoms with E-state index in [0.717, 1.165) is 11.3 Å². The predicted molar refractivity (Wildman–Crippen MR) is 66.8 cm³/mol. The van der Waals surface area contributed by atoms with Crippen LogP contribution >= 0.6 is 0 Å². The fourth-order valence-corrected chi connectivity index (χ4v) is 1.19. The van der Waals surface area contributed by atoms with Crippen molar-refractivity contribution >= 4 is 0 Å². The van der Waals surface area contributed by atoms with Crippen LogP contribution < -0.4 is 10.2 Å². The fraction of sp³-hybridized carbons (Fsp3) is 0.385. The Morgan fingerprint density at radius 1 is 1.24 bits per heavy atom. The summed E-state index contributed by atoms with van der Waals surface area (Å²) in [5.74, 6) is 0.842. The third kappa shape index (κ3) is 6.06. The lowest BCUT2D eigenvalue weighted by Crippen LogP contribution is -2.17. The molecule has 0 amide bonds. The summed E-state index contributed by atoms with van der Waals surface area (Å²) >= 11 is 0. The highest BCUT2D eigenvalue weighted by Gasteiger charge is 1.95. The number of hydrogen-bond acceptors (Lipinski definition) is 4. The first-order valence-electron chi connectivity index (χ1n) is 5.53. The molecule has 94 valence electrons. The standard InChI is InChI=1S/C13H19NO3/c1-3-8-16-13-6-4-12(5-7-13)11-14-17-10-9-15-2/h3-7,14H,1,8-11H2,2H3. The normalized spacial score (nSPS) is 10.2. The Bertz CT molecular complexity index is 311. The van der Waals surface area contributed by atoms with Crippen molar-refractivity contribution in [3.8, 4) is 5.75 Å². The molecule has 17 heavy (non-hydrogen) atoms. The van der Waals surface area contributed by atoms with E-state index >= 15 is 0 Å². The fourth-order valence-electron chi connectivity index (χ4n) is 1.19. The smallest absolute Gasteiger partial charge is 0.119 e. The van der Waals surface area contributed by atoms with Crippen LogP contribution in [0.3, 0.4) is 0 Å². The van der Waals surface area contributed by atoms with Crippen molar-refractivity contribution in [3.63, 3.8) is 0 Å². The van der Waals surface area contributed by atoms with Crippen LogP contribution in [-0.2, 0) is 16.1 Å². The molecule has 1 rings (SSSR count). The zero-order valence-corrected chi connectivity index (χ0v) is 10.1. The minimum atomic E-state index is 0.526. The Balaban J connectivity index is 2.23. The van der Waals surface area contributed by atoms with Gasteiger partial charge in [-0.1, -0.05) is 24.8 Å². The molecule has 0 unspecified atom stereocenters. The lowest BCUT2D eigenvalue weighted by molar-refractivity contribution is 0.00346. The zero-order valence-electron chi connectivity index (χ0n) is 10.1. The molecular formula is C13H19NO3. The lowest BCUT2D eigenvalue weighted by Gasteiger charge is -2.07. The van der Waals surface area contributed by atoms with Crippen LogP contribution in [0.1, 0.15) is 5.56 Å². The Labute approximate surface area is 102 Å². The highest BCUT2D eigenvalue weighted by atomic mass is 16.7. The Morgan fingerprint density at radius 3 is 2.65 bits per heavy atom. The van der Waals surface area contributed by atoms with E-state index in [9.17, 15) is 0 Å². The number of benzene rings is 1. The molecule has 0 heterocycles. The van der Waals surface area contributed by atoms with Gasteiger partial charge in [0.25, 0.3) is 0 Å². The molecule has 4 heteroatoms.